The molecule has 0 amide bonds. The van der Waals surface area contributed by atoms with Gasteiger partial charge in [-0.2, -0.15) is 0 Å². The third kappa shape index (κ3) is 4.87. The Morgan fingerprint density at radius 3 is 1.55 bits per heavy atom. The predicted molar refractivity (Wildman–Crippen MR) is 141 cm³/mol. The van der Waals surface area contributed by atoms with Gasteiger partial charge in [-0.15, -0.1) is 0 Å². The van der Waals surface area contributed by atoms with Crippen LogP contribution in [0.4, 0.5) is 22.7 Å². The normalized spacial score (nSPS) is 16.9. The van der Waals surface area contributed by atoms with Gasteiger partial charge in [0.2, 0.25) is 0 Å². The average Bonchev–Trinajstić information content (AvgIpc) is 3.49. The van der Waals surface area contributed by atoms with Gasteiger partial charge in [0.25, 0.3) is 0 Å². The number of rotatable bonds is 4. The smallest absolute Gasteiger partial charge is 0.168 e. The molecule has 0 fully saturated rings. The maximum atomic E-state index is 4.51. The molecule has 2 aromatic rings. The van der Waals surface area contributed by atoms with Crippen LogP contribution in [0.15, 0.2) is 56.2 Å². The molecule has 4 aliphatic heterocycles. The van der Waals surface area contributed by atoms with Crippen molar-refractivity contribution in [3.63, 3.8) is 0 Å². The van der Waals surface area contributed by atoms with Gasteiger partial charge in [0, 0.05) is 42.2 Å². The number of anilines is 4. The molecule has 6 rings (SSSR count). The van der Waals surface area contributed by atoms with Crippen LogP contribution in [0.3, 0.4) is 0 Å². The molecule has 0 saturated heterocycles. The quantitative estimate of drug-likeness (QED) is 0.505. The van der Waals surface area contributed by atoms with Crippen LogP contribution in [-0.4, -0.2) is 48.6 Å². The van der Waals surface area contributed by atoms with Gasteiger partial charge in [-0.1, -0.05) is 12.1 Å². The third-order valence-corrected chi connectivity index (χ3v) is 7.78. The Kier molecular flexibility index (Phi) is 7.53. The third-order valence-electron chi connectivity index (χ3n) is 5.45. The van der Waals surface area contributed by atoms with E-state index >= 15 is 0 Å². The first-order chi connectivity index (χ1) is 15.5. The average molecular weight is 530 g/mol. The Bertz CT molecular complexity index is 999. The number of benzene rings is 2. The standard InChI is InChI=1S/2C12H15N3S.Cu/c2*1-8(2)14-9-4-3-5-10-11(9)16-12-13-6-7-15(10)12;/h2*3-5,8,14H,6-7H2,1-2H3;. The first-order valence-electron chi connectivity index (χ1n) is 11.3. The van der Waals surface area contributed by atoms with Gasteiger partial charge < -0.3 is 20.4 Å². The summed E-state index contributed by atoms with van der Waals surface area (Å²) in [5, 5.41) is 9.30. The summed E-state index contributed by atoms with van der Waals surface area (Å²) in [6.45, 7) is 12.6. The van der Waals surface area contributed by atoms with Crippen LogP contribution < -0.4 is 20.4 Å². The van der Waals surface area contributed by atoms with Crippen molar-refractivity contribution in [3.8, 4) is 0 Å². The van der Waals surface area contributed by atoms with Crippen LogP contribution in [0, 0.1) is 0 Å². The van der Waals surface area contributed by atoms with Crippen molar-refractivity contribution in [1.82, 2.24) is 0 Å². The molecule has 0 spiro atoms. The Labute approximate surface area is 215 Å². The number of amidine groups is 2. The monoisotopic (exact) mass is 529 g/mol. The molecule has 2 N–H and O–H groups in total. The van der Waals surface area contributed by atoms with E-state index in [-0.39, 0.29) is 17.1 Å². The maximum Gasteiger partial charge on any atom is 0.168 e. The van der Waals surface area contributed by atoms with E-state index in [0.29, 0.717) is 12.1 Å². The van der Waals surface area contributed by atoms with E-state index < -0.39 is 0 Å². The minimum atomic E-state index is 0. The van der Waals surface area contributed by atoms with E-state index in [0.717, 1.165) is 36.5 Å². The minimum Gasteiger partial charge on any atom is -0.382 e. The maximum absolute atomic E-state index is 4.51. The van der Waals surface area contributed by atoms with E-state index in [1.54, 1.807) is 23.5 Å². The van der Waals surface area contributed by atoms with Crippen molar-refractivity contribution in [2.24, 2.45) is 9.98 Å². The van der Waals surface area contributed by atoms with E-state index in [1.165, 1.54) is 32.5 Å². The van der Waals surface area contributed by atoms with Gasteiger partial charge >= 0.3 is 0 Å². The molecule has 0 bridgehead atoms. The van der Waals surface area contributed by atoms with Crippen molar-refractivity contribution < 1.29 is 17.1 Å². The van der Waals surface area contributed by atoms with E-state index in [4.69, 9.17) is 0 Å². The first-order valence-corrected chi connectivity index (χ1v) is 12.9. The molecule has 6 nitrogen and oxygen atoms in total. The molecule has 1 radical (unpaired) electrons. The zero-order valence-electron chi connectivity index (χ0n) is 19.4. The zero-order valence-corrected chi connectivity index (χ0v) is 21.9. The van der Waals surface area contributed by atoms with E-state index in [9.17, 15) is 0 Å². The van der Waals surface area contributed by atoms with Crippen LogP contribution in [0.2, 0.25) is 0 Å². The first kappa shape index (κ1) is 24.3. The SMILES string of the molecule is CC(C)Nc1cccc2c1SC1=NCCN12.CC(C)Nc1cccc2c1SC1=NCCN12.[Cu]. The van der Waals surface area contributed by atoms with Crippen LogP contribution in [0.25, 0.3) is 0 Å². The fourth-order valence-corrected chi connectivity index (χ4v) is 6.51. The summed E-state index contributed by atoms with van der Waals surface area (Å²) < 4.78 is 0. The number of fused-ring (bicyclic) bond motifs is 6. The molecule has 2 aromatic carbocycles. The molecule has 9 heteroatoms. The fraction of sp³-hybridized carbons (Fsp3) is 0.417. The molecule has 0 saturated carbocycles. The molecule has 4 heterocycles. The van der Waals surface area contributed by atoms with Crippen LogP contribution >= 0.6 is 23.5 Å². The summed E-state index contributed by atoms with van der Waals surface area (Å²) in [5.41, 5.74) is 5.09. The van der Waals surface area contributed by atoms with Crippen molar-refractivity contribution >= 4 is 56.6 Å². The molecule has 0 aliphatic carbocycles. The molecule has 4 aliphatic rings. The summed E-state index contributed by atoms with van der Waals surface area (Å²) in [7, 11) is 0. The number of hydrogen-bond donors (Lipinski definition) is 2. The number of hydrogen-bond acceptors (Lipinski definition) is 8. The van der Waals surface area contributed by atoms with Crippen molar-refractivity contribution in [2.75, 3.05) is 46.6 Å². The van der Waals surface area contributed by atoms with Gasteiger partial charge in [-0.25, -0.2) is 0 Å². The molecule has 33 heavy (non-hydrogen) atoms. The summed E-state index contributed by atoms with van der Waals surface area (Å²) in [6, 6.07) is 13.8. The molecular weight excluding hydrogens is 500 g/mol. The van der Waals surface area contributed by atoms with Gasteiger partial charge in [0.1, 0.15) is 0 Å². The second-order valence-electron chi connectivity index (χ2n) is 8.74. The summed E-state index contributed by atoms with van der Waals surface area (Å²) in [4.78, 5) is 16.3. The van der Waals surface area contributed by atoms with Crippen LogP contribution in [0.5, 0.6) is 0 Å². The van der Waals surface area contributed by atoms with Gasteiger partial charge in [0.05, 0.1) is 45.6 Å². The Morgan fingerprint density at radius 1 is 0.727 bits per heavy atom. The molecule has 0 aromatic heterocycles. The topological polar surface area (TPSA) is 55.3 Å². The second-order valence-corrected chi connectivity index (χ2v) is 10.7. The van der Waals surface area contributed by atoms with Gasteiger partial charge in [-0.3, -0.25) is 9.98 Å². The van der Waals surface area contributed by atoms with E-state index in [1.807, 2.05) is 0 Å². The van der Waals surface area contributed by atoms with Crippen LogP contribution in [0.1, 0.15) is 27.7 Å². The summed E-state index contributed by atoms with van der Waals surface area (Å²) in [6.07, 6.45) is 0. The van der Waals surface area contributed by atoms with Crippen molar-refractivity contribution in [1.29, 1.82) is 0 Å². The summed E-state index contributed by atoms with van der Waals surface area (Å²) in [5.74, 6) is 0. The minimum absolute atomic E-state index is 0. The van der Waals surface area contributed by atoms with Crippen molar-refractivity contribution in [3.05, 3.63) is 36.4 Å². The van der Waals surface area contributed by atoms with E-state index in [2.05, 4.69) is 94.5 Å². The number of aliphatic imine (C=N–C) groups is 2. The Balaban J connectivity index is 0.000000152. The Morgan fingerprint density at radius 2 is 1.15 bits per heavy atom. The molecule has 0 atom stereocenters. The molecular formula is C24H30CuN6S2. The van der Waals surface area contributed by atoms with Crippen molar-refractivity contribution in [2.45, 2.75) is 49.6 Å². The van der Waals surface area contributed by atoms with Gasteiger partial charge in [0.15, 0.2) is 10.3 Å². The molecule has 0 unspecified atom stereocenters. The zero-order chi connectivity index (χ0) is 22.2. The number of nitrogens with zero attached hydrogens (tertiary/aromatic N) is 4. The van der Waals surface area contributed by atoms with Crippen LogP contribution in [-0.2, 0) is 17.1 Å². The number of thioether (sulfide) groups is 2. The fourth-order valence-electron chi connectivity index (χ4n) is 4.20. The second kappa shape index (κ2) is 10.2. The number of nitrogens with one attached hydrogen (secondary N) is 2. The molecule has 179 valence electrons. The largest absolute Gasteiger partial charge is 0.382 e. The predicted octanol–water partition coefficient (Wildman–Crippen LogP) is 5.57. The van der Waals surface area contributed by atoms with Gasteiger partial charge in [-0.05, 0) is 75.5 Å². The Hall–Kier alpha value is -1.80. The summed E-state index contributed by atoms with van der Waals surface area (Å²) >= 11 is 3.58.